The lowest BCUT2D eigenvalue weighted by atomic mass is 10.00. The normalized spacial score (nSPS) is 23.8. The van der Waals surface area contributed by atoms with Gasteiger partial charge >= 0.3 is 6.09 Å². The number of nitrogens with zero attached hydrogens (tertiary/aromatic N) is 1. The highest BCUT2D eigenvalue weighted by molar-refractivity contribution is 5.68. The number of hydrogen-bond acceptors (Lipinski definition) is 3. The summed E-state index contributed by atoms with van der Waals surface area (Å²) in [5.74, 6) is 0. The van der Waals surface area contributed by atoms with Crippen molar-refractivity contribution in [1.82, 2.24) is 4.90 Å². The molecule has 2 atom stereocenters. The molecule has 2 rings (SSSR count). The first-order valence-electron chi connectivity index (χ1n) is 6.39. The van der Waals surface area contributed by atoms with Crippen molar-refractivity contribution in [2.45, 2.75) is 38.5 Å². The van der Waals surface area contributed by atoms with Crippen molar-refractivity contribution in [2.24, 2.45) is 5.73 Å². The number of likely N-dealkylation sites (tertiary alicyclic amines) is 1. The van der Waals surface area contributed by atoms with Crippen LogP contribution in [0.1, 0.15) is 25.3 Å². The number of carbonyl (C=O) groups is 1. The van der Waals surface area contributed by atoms with Crippen LogP contribution in [-0.2, 0) is 11.3 Å². The van der Waals surface area contributed by atoms with Gasteiger partial charge in [-0.25, -0.2) is 4.79 Å². The van der Waals surface area contributed by atoms with E-state index in [1.54, 1.807) is 4.90 Å². The van der Waals surface area contributed by atoms with Gasteiger partial charge < -0.3 is 15.4 Å². The van der Waals surface area contributed by atoms with E-state index in [2.05, 4.69) is 0 Å². The summed E-state index contributed by atoms with van der Waals surface area (Å²) >= 11 is 0. The summed E-state index contributed by atoms with van der Waals surface area (Å²) in [7, 11) is 0. The van der Waals surface area contributed by atoms with Crippen molar-refractivity contribution >= 4 is 6.09 Å². The molecule has 0 saturated carbocycles. The van der Waals surface area contributed by atoms with Crippen LogP contribution in [-0.4, -0.2) is 29.6 Å². The summed E-state index contributed by atoms with van der Waals surface area (Å²) < 4.78 is 5.32. The van der Waals surface area contributed by atoms with Gasteiger partial charge in [0.1, 0.15) is 6.61 Å². The van der Waals surface area contributed by atoms with Gasteiger partial charge in [-0.1, -0.05) is 30.3 Å². The van der Waals surface area contributed by atoms with E-state index >= 15 is 0 Å². The minimum Gasteiger partial charge on any atom is -0.445 e. The number of piperidine rings is 1. The zero-order chi connectivity index (χ0) is 13.0. The molecule has 0 aliphatic carbocycles. The predicted octanol–water partition coefficient (Wildman–Crippen LogP) is 2.13. The third-order valence-corrected chi connectivity index (χ3v) is 3.36. The van der Waals surface area contributed by atoms with Gasteiger partial charge in [-0.15, -0.1) is 0 Å². The molecule has 4 heteroatoms. The van der Waals surface area contributed by atoms with Crippen LogP contribution in [0.25, 0.3) is 0 Å². The molecule has 0 radical (unpaired) electrons. The molecule has 4 nitrogen and oxygen atoms in total. The first-order valence-corrected chi connectivity index (χ1v) is 6.39. The third-order valence-electron chi connectivity index (χ3n) is 3.36. The van der Waals surface area contributed by atoms with E-state index in [1.807, 2.05) is 37.3 Å². The topological polar surface area (TPSA) is 55.6 Å². The molecule has 1 amide bonds. The molecule has 1 aliphatic heterocycles. The van der Waals surface area contributed by atoms with Crippen molar-refractivity contribution in [3.8, 4) is 0 Å². The highest BCUT2D eigenvalue weighted by Crippen LogP contribution is 2.17. The molecule has 1 aromatic carbocycles. The fraction of sp³-hybridized carbons (Fsp3) is 0.500. The van der Waals surface area contributed by atoms with Crippen molar-refractivity contribution in [1.29, 1.82) is 0 Å². The van der Waals surface area contributed by atoms with E-state index in [0.717, 1.165) is 18.4 Å². The number of benzene rings is 1. The second-order valence-corrected chi connectivity index (χ2v) is 4.87. The lowest BCUT2D eigenvalue weighted by Gasteiger charge is -2.35. The van der Waals surface area contributed by atoms with Gasteiger partial charge in [0, 0.05) is 18.6 Å². The Morgan fingerprint density at radius 1 is 1.44 bits per heavy atom. The molecule has 98 valence electrons. The number of hydrogen-bond donors (Lipinski definition) is 1. The summed E-state index contributed by atoms with van der Waals surface area (Å²) in [6.07, 6.45) is 1.46. The number of carbonyl (C=O) groups excluding carboxylic acids is 1. The maximum atomic E-state index is 12.0. The third kappa shape index (κ3) is 3.23. The lowest BCUT2D eigenvalue weighted by Crippen LogP contribution is -2.48. The van der Waals surface area contributed by atoms with Crippen LogP contribution in [0.5, 0.6) is 0 Å². The monoisotopic (exact) mass is 248 g/mol. The zero-order valence-electron chi connectivity index (χ0n) is 10.7. The van der Waals surface area contributed by atoms with Crippen LogP contribution in [0.4, 0.5) is 4.79 Å². The zero-order valence-corrected chi connectivity index (χ0v) is 10.7. The van der Waals surface area contributed by atoms with Gasteiger partial charge in [-0.3, -0.25) is 0 Å². The number of amides is 1. The second kappa shape index (κ2) is 5.87. The van der Waals surface area contributed by atoms with E-state index in [9.17, 15) is 4.79 Å². The summed E-state index contributed by atoms with van der Waals surface area (Å²) in [5.41, 5.74) is 6.88. The van der Waals surface area contributed by atoms with Crippen LogP contribution < -0.4 is 5.73 Å². The fourth-order valence-electron chi connectivity index (χ4n) is 2.28. The van der Waals surface area contributed by atoms with Crippen molar-refractivity contribution in [3.05, 3.63) is 35.9 Å². The van der Waals surface area contributed by atoms with Gasteiger partial charge in [0.15, 0.2) is 0 Å². The fourth-order valence-corrected chi connectivity index (χ4v) is 2.28. The SMILES string of the molecule is C[C@@H]1C[C@H](N)CCN1C(=O)OCc1ccccc1. The van der Waals surface area contributed by atoms with Gasteiger partial charge in [0.2, 0.25) is 0 Å². The summed E-state index contributed by atoms with van der Waals surface area (Å²) in [4.78, 5) is 13.7. The number of ether oxygens (including phenoxy) is 1. The molecule has 0 bridgehead atoms. The van der Waals surface area contributed by atoms with Crippen molar-refractivity contribution in [3.63, 3.8) is 0 Å². The first kappa shape index (κ1) is 12.9. The van der Waals surface area contributed by atoms with Gasteiger partial charge in [0.05, 0.1) is 0 Å². The van der Waals surface area contributed by atoms with Crippen LogP contribution in [0.3, 0.4) is 0 Å². The van der Waals surface area contributed by atoms with Crippen LogP contribution >= 0.6 is 0 Å². The number of nitrogens with two attached hydrogens (primary N) is 1. The van der Waals surface area contributed by atoms with E-state index in [4.69, 9.17) is 10.5 Å². The highest BCUT2D eigenvalue weighted by atomic mass is 16.6. The van der Waals surface area contributed by atoms with Gasteiger partial charge in [-0.05, 0) is 25.3 Å². The summed E-state index contributed by atoms with van der Waals surface area (Å²) in [5, 5.41) is 0. The maximum absolute atomic E-state index is 12.0. The van der Waals surface area contributed by atoms with Crippen LogP contribution in [0.15, 0.2) is 30.3 Å². The Morgan fingerprint density at radius 2 is 2.17 bits per heavy atom. The second-order valence-electron chi connectivity index (χ2n) is 4.87. The minimum absolute atomic E-state index is 0.164. The molecule has 1 aromatic rings. The Hall–Kier alpha value is -1.55. The molecule has 1 heterocycles. The maximum Gasteiger partial charge on any atom is 0.410 e. The van der Waals surface area contributed by atoms with Crippen molar-refractivity contribution < 1.29 is 9.53 Å². The molecule has 1 saturated heterocycles. The van der Waals surface area contributed by atoms with Gasteiger partial charge in [-0.2, -0.15) is 0 Å². The molecular weight excluding hydrogens is 228 g/mol. The standard InChI is InChI=1S/C14H20N2O2/c1-11-9-13(15)7-8-16(11)14(17)18-10-12-5-3-2-4-6-12/h2-6,11,13H,7-10,15H2,1H3/t11-,13-/m1/s1. The average molecular weight is 248 g/mol. The highest BCUT2D eigenvalue weighted by Gasteiger charge is 2.27. The largest absolute Gasteiger partial charge is 0.445 e. The summed E-state index contributed by atoms with van der Waals surface area (Å²) in [6.45, 7) is 3.04. The molecule has 1 fully saturated rings. The quantitative estimate of drug-likeness (QED) is 0.872. The predicted molar refractivity (Wildman–Crippen MR) is 70.0 cm³/mol. The van der Waals surface area contributed by atoms with E-state index in [0.29, 0.717) is 13.2 Å². The lowest BCUT2D eigenvalue weighted by molar-refractivity contribution is 0.0690. The Bertz CT molecular complexity index is 394. The van der Waals surface area contributed by atoms with Gasteiger partial charge in [0.25, 0.3) is 0 Å². The van der Waals surface area contributed by atoms with E-state index in [1.165, 1.54) is 0 Å². The summed E-state index contributed by atoms with van der Waals surface area (Å²) in [6, 6.07) is 10.1. The Morgan fingerprint density at radius 3 is 2.83 bits per heavy atom. The molecule has 0 spiro atoms. The Balaban J connectivity index is 1.85. The van der Waals surface area contributed by atoms with Crippen LogP contribution in [0, 0.1) is 0 Å². The number of rotatable bonds is 2. The molecule has 1 aliphatic rings. The van der Waals surface area contributed by atoms with E-state index in [-0.39, 0.29) is 18.2 Å². The van der Waals surface area contributed by atoms with Crippen LogP contribution in [0.2, 0.25) is 0 Å². The molecular formula is C14H20N2O2. The smallest absolute Gasteiger partial charge is 0.410 e. The molecule has 0 aromatic heterocycles. The molecule has 18 heavy (non-hydrogen) atoms. The van der Waals surface area contributed by atoms with Crippen molar-refractivity contribution in [2.75, 3.05) is 6.54 Å². The Kier molecular flexibility index (Phi) is 4.20. The minimum atomic E-state index is -0.238. The van der Waals surface area contributed by atoms with E-state index < -0.39 is 0 Å². The Labute approximate surface area is 108 Å². The molecule has 0 unspecified atom stereocenters. The first-order chi connectivity index (χ1) is 8.66. The average Bonchev–Trinajstić information content (AvgIpc) is 2.37. The molecule has 2 N–H and O–H groups in total.